The third kappa shape index (κ3) is 2.77. The molecule has 1 N–H and O–H groups in total. The standard InChI is InChI=1S/C18H21N3O/c1-18(2,12-19)15-8-4-3-6-14(15)11-22-16-9-5-7-13-10-20-21-17(13)16/h3-4,6,8,10,16H,5,7,9,11H2,1-2H3,(H,20,21). The number of ether oxygens (including phenoxy) is 1. The van der Waals surface area contributed by atoms with Crippen LogP contribution in [0.25, 0.3) is 0 Å². The molecule has 2 aromatic rings. The van der Waals surface area contributed by atoms with Crippen molar-refractivity contribution in [2.24, 2.45) is 0 Å². The third-order valence-electron chi connectivity index (χ3n) is 4.40. The Labute approximate surface area is 131 Å². The van der Waals surface area contributed by atoms with Crippen molar-refractivity contribution in [3.8, 4) is 6.07 Å². The molecular weight excluding hydrogens is 274 g/mol. The summed E-state index contributed by atoms with van der Waals surface area (Å²) in [4.78, 5) is 0. The minimum Gasteiger partial charge on any atom is -0.367 e. The van der Waals surface area contributed by atoms with Crippen molar-refractivity contribution in [3.63, 3.8) is 0 Å². The summed E-state index contributed by atoms with van der Waals surface area (Å²) in [5, 5.41) is 16.6. The van der Waals surface area contributed by atoms with E-state index in [9.17, 15) is 5.26 Å². The summed E-state index contributed by atoms with van der Waals surface area (Å²) in [5.74, 6) is 0. The highest BCUT2D eigenvalue weighted by atomic mass is 16.5. The van der Waals surface area contributed by atoms with Gasteiger partial charge in [-0.05, 0) is 49.8 Å². The molecule has 1 aliphatic carbocycles. The van der Waals surface area contributed by atoms with Gasteiger partial charge in [0.15, 0.2) is 0 Å². The van der Waals surface area contributed by atoms with Gasteiger partial charge in [-0.2, -0.15) is 10.4 Å². The van der Waals surface area contributed by atoms with Gasteiger partial charge in [0.05, 0.1) is 36.1 Å². The van der Waals surface area contributed by atoms with Gasteiger partial charge in [0.25, 0.3) is 0 Å². The highest BCUT2D eigenvalue weighted by Gasteiger charge is 2.25. The Balaban J connectivity index is 1.78. The van der Waals surface area contributed by atoms with Crippen molar-refractivity contribution in [1.82, 2.24) is 10.2 Å². The SMILES string of the molecule is CC(C)(C#N)c1ccccc1COC1CCCc2cn[nH]c21. The van der Waals surface area contributed by atoms with Crippen LogP contribution in [0.2, 0.25) is 0 Å². The first-order valence-corrected chi connectivity index (χ1v) is 7.75. The Morgan fingerprint density at radius 2 is 2.23 bits per heavy atom. The van der Waals surface area contributed by atoms with Crippen molar-refractivity contribution in [2.75, 3.05) is 0 Å². The van der Waals surface area contributed by atoms with Gasteiger partial charge in [-0.3, -0.25) is 5.10 Å². The maximum absolute atomic E-state index is 9.39. The molecule has 0 saturated carbocycles. The first-order chi connectivity index (χ1) is 10.6. The summed E-state index contributed by atoms with van der Waals surface area (Å²) in [6.07, 6.45) is 5.19. The van der Waals surface area contributed by atoms with Crippen molar-refractivity contribution in [1.29, 1.82) is 5.26 Å². The average Bonchev–Trinajstić information content (AvgIpc) is 3.02. The Morgan fingerprint density at radius 1 is 1.41 bits per heavy atom. The lowest BCUT2D eigenvalue weighted by Gasteiger charge is -2.24. The molecule has 1 unspecified atom stereocenters. The molecule has 0 radical (unpaired) electrons. The van der Waals surface area contributed by atoms with Crippen molar-refractivity contribution in [2.45, 2.75) is 51.2 Å². The molecule has 1 heterocycles. The number of fused-ring (bicyclic) bond motifs is 1. The van der Waals surface area contributed by atoms with E-state index >= 15 is 0 Å². The van der Waals surface area contributed by atoms with Crippen LogP contribution in [0.5, 0.6) is 0 Å². The van der Waals surface area contributed by atoms with Crippen molar-refractivity contribution < 1.29 is 4.74 Å². The van der Waals surface area contributed by atoms with Crippen LogP contribution in [0.15, 0.2) is 30.5 Å². The predicted molar refractivity (Wildman–Crippen MR) is 84.1 cm³/mol. The minimum absolute atomic E-state index is 0.0736. The number of benzene rings is 1. The predicted octanol–water partition coefficient (Wildman–Crippen LogP) is 3.81. The first-order valence-electron chi connectivity index (χ1n) is 7.75. The fourth-order valence-corrected chi connectivity index (χ4v) is 3.09. The summed E-state index contributed by atoms with van der Waals surface area (Å²) in [5.41, 5.74) is 4.00. The zero-order chi connectivity index (χ0) is 15.6. The lowest BCUT2D eigenvalue weighted by molar-refractivity contribution is 0.0249. The molecular formula is C18H21N3O. The van der Waals surface area contributed by atoms with Crippen LogP contribution in [-0.2, 0) is 23.2 Å². The molecule has 0 spiro atoms. The molecule has 0 fully saturated rings. The minimum atomic E-state index is -0.508. The molecule has 3 rings (SSSR count). The molecule has 0 aliphatic heterocycles. The number of aryl methyl sites for hydroxylation is 1. The van der Waals surface area contributed by atoms with Crippen molar-refractivity contribution >= 4 is 0 Å². The van der Waals surface area contributed by atoms with E-state index in [1.165, 1.54) is 5.56 Å². The van der Waals surface area contributed by atoms with Gasteiger partial charge in [0, 0.05) is 0 Å². The van der Waals surface area contributed by atoms with Gasteiger partial charge in [-0.15, -0.1) is 0 Å². The third-order valence-corrected chi connectivity index (χ3v) is 4.40. The lowest BCUT2D eigenvalue weighted by Crippen LogP contribution is -2.18. The van der Waals surface area contributed by atoms with Gasteiger partial charge in [0.1, 0.15) is 0 Å². The lowest BCUT2D eigenvalue weighted by atomic mass is 9.83. The highest BCUT2D eigenvalue weighted by molar-refractivity contribution is 5.37. The summed E-state index contributed by atoms with van der Waals surface area (Å²) in [6.45, 7) is 4.41. The summed E-state index contributed by atoms with van der Waals surface area (Å²) in [6, 6.07) is 10.4. The van der Waals surface area contributed by atoms with E-state index in [1.807, 2.05) is 44.3 Å². The van der Waals surface area contributed by atoms with Crippen molar-refractivity contribution in [3.05, 3.63) is 52.8 Å². The molecule has 4 heteroatoms. The average molecular weight is 295 g/mol. The normalized spacial score (nSPS) is 17.8. The molecule has 1 aromatic carbocycles. The van der Waals surface area contributed by atoms with Crippen LogP contribution in [0, 0.1) is 11.3 Å². The smallest absolute Gasteiger partial charge is 0.0996 e. The van der Waals surface area contributed by atoms with Crippen LogP contribution < -0.4 is 0 Å². The Morgan fingerprint density at radius 3 is 3.05 bits per heavy atom. The Kier molecular flexibility index (Phi) is 4.00. The molecule has 4 nitrogen and oxygen atoms in total. The molecule has 1 atom stereocenters. The van der Waals surface area contributed by atoms with E-state index in [0.29, 0.717) is 6.61 Å². The number of nitrogens with one attached hydrogen (secondary N) is 1. The summed E-state index contributed by atoms with van der Waals surface area (Å²) >= 11 is 0. The van der Waals surface area contributed by atoms with Gasteiger partial charge in [-0.1, -0.05) is 24.3 Å². The van der Waals surface area contributed by atoms with Crippen LogP contribution >= 0.6 is 0 Å². The summed E-state index contributed by atoms with van der Waals surface area (Å²) in [7, 11) is 0. The van der Waals surface area contributed by atoms with Crippen LogP contribution in [0.3, 0.4) is 0 Å². The van der Waals surface area contributed by atoms with E-state index < -0.39 is 5.41 Å². The van der Waals surface area contributed by atoms with Crippen LogP contribution in [0.4, 0.5) is 0 Å². The Bertz CT molecular complexity index is 696. The first kappa shape index (κ1) is 14.8. The quantitative estimate of drug-likeness (QED) is 0.933. The zero-order valence-electron chi connectivity index (χ0n) is 13.1. The molecule has 1 aromatic heterocycles. The monoisotopic (exact) mass is 295 g/mol. The number of rotatable bonds is 4. The maximum Gasteiger partial charge on any atom is 0.0996 e. The van der Waals surface area contributed by atoms with Gasteiger partial charge in [0.2, 0.25) is 0 Å². The van der Waals surface area contributed by atoms with E-state index in [2.05, 4.69) is 16.3 Å². The molecule has 22 heavy (non-hydrogen) atoms. The number of hydrogen-bond donors (Lipinski definition) is 1. The number of nitrogens with zero attached hydrogens (tertiary/aromatic N) is 2. The fourth-order valence-electron chi connectivity index (χ4n) is 3.09. The molecule has 114 valence electrons. The van der Waals surface area contributed by atoms with Gasteiger partial charge >= 0.3 is 0 Å². The molecule has 0 bridgehead atoms. The topological polar surface area (TPSA) is 61.7 Å². The maximum atomic E-state index is 9.39. The Hall–Kier alpha value is -2.12. The second-order valence-electron chi connectivity index (χ2n) is 6.39. The number of hydrogen-bond acceptors (Lipinski definition) is 3. The van der Waals surface area contributed by atoms with E-state index in [1.54, 1.807) is 0 Å². The van der Waals surface area contributed by atoms with E-state index in [4.69, 9.17) is 4.74 Å². The van der Waals surface area contributed by atoms with Gasteiger partial charge < -0.3 is 4.74 Å². The number of aromatic nitrogens is 2. The number of H-pyrrole nitrogens is 1. The van der Waals surface area contributed by atoms with Crippen LogP contribution in [-0.4, -0.2) is 10.2 Å². The van der Waals surface area contributed by atoms with E-state index in [-0.39, 0.29) is 6.10 Å². The summed E-state index contributed by atoms with van der Waals surface area (Å²) < 4.78 is 6.15. The largest absolute Gasteiger partial charge is 0.367 e. The van der Waals surface area contributed by atoms with Gasteiger partial charge in [-0.25, -0.2) is 0 Å². The highest BCUT2D eigenvalue weighted by Crippen LogP contribution is 2.33. The van der Waals surface area contributed by atoms with Crippen LogP contribution in [0.1, 0.15) is 55.2 Å². The molecule has 1 aliphatic rings. The number of nitriles is 1. The second kappa shape index (κ2) is 5.94. The molecule has 0 amide bonds. The van der Waals surface area contributed by atoms with E-state index in [0.717, 1.165) is 36.1 Å². The second-order valence-corrected chi connectivity index (χ2v) is 6.39. The fraction of sp³-hybridized carbons (Fsp3) is 0.444. The molecule has 0 saturated heterocycles. The number of aromatic amines is 1. The zero-order valence-corrected chi connectivity index (χ0v) is 13.1.